The number of ether oxygens (including phenoxy) is 1. The van der Waals surface area contributed by atoms with E-state index in [0.717, 1.165) is 0 Å². The molecule has 37 heavy (non-hydrogen) atoms. The predicted molar refractivity (Wildman–Crippen MR) is 132 cm³/mol. The summed E-state index contributed by atoms with van der Waals surface area (Å²) in [5, 5.41) is 23.9. The molecule has 1 saturated heterocycles. The number of anilines is 1. The normalized spacial score (nSPS) is 19.1. The summed E-state index contributed by atoms with van der Waals surface area (Å²) in [5.41, 5.74) is -0.163. The van der Waals surface area contributed by atoms with Crippen molar-refractivity contribution in [2.75, 3.05) is 11.9 Å². The molecule has 0 spiro atoms. The summed E-state index contributed by atoms with van der Waals surface area (Å²) in [6.07, 6.45) is -0.149. The van der Waals surface area contributed by atoms with Gasteiger partial charge in [-0.05, 0) is 51.0 Å². The van der Waals surface area contributed by atoms with Crippen molar-refractivity contribution in [3.8, 4) is 0 Å². The van der Waals surface area contributed by atoms with Gasteiger partial charge in [-0.15, -0.1) is 0 Å². The predicted octanol–water partition coefficient (Wildman–Crippen LogP) is 2.89. The number of carboxylic acid groups (broad SMARTS) is 2. The number of aliphatic carboxylic acids is 1. The lowest BCUT2D eigenvalue weighted by atomic mass is 9.93. The number of likely N-dealkylation sites (tertiary alicyclic amines) is 1. The first-order chi connectivity index (χ1) is 17.4. The van der Waals surface area contributed by atoms with E-state index in [1.807, 2.05) is 0 Å². The smallest absolute Gasteiger partial charge is 0.335 e. The molecule has 2 aromatic rings. The van der Waals surface area contributed by atoms with Gasteiger partial charge in [0.15, 0.2) is 0 Å². The number of hydrogen-bond acceptors (Lipinski definition) is 6. The Bertz CT molecular complexity index is 1190. The average molecular weight is 512 g/mol. The van der Waals surface area contributed by atoms with Crippen molar-refractivity contribution in [3.63, 3.8) is 0 Å². The zero-order valence-electron chi connectivity index (χ0n) is 20.6. The number of urea groups is 1. The van der Waals surface area contributed by atoms with E-state index in [1.54, 1.807) is 51.1 Å². The summed E-state index contributed by atoms with van der Waals surface area (Å²) in [7, 11) is 0. The minimum absolute atomic E-state index is 0.0310. The fourth-order valence-electron chi connectivity index (χ4n) is 4.21. The van der Waals surface area contributed by atoms with Crippen LogP contribution in [0, 0.1) is 5.92 Å². The number of nitrogens with one attached hydrogen (secondary N) is 2. The summed E-state index contributed by atoms with van der Waals surface area (Å²) >= 11 is 0. The van der Waals surface area contributed by atoms with Crippen LogP contribution in [-0.4, -0.2) is 63.1 Å². The zero-order valence-corrected chi connectivity index (χ0v) is 20.6. The zero-order chi connectivity index (χ0) is 27.3. The number of nitrogens with zero attached hydrogens (tertiary/aromatic N) is 1. The Kier molecular flexibility index (Phi) is 8.16. The lowest BCUT2D eigenvalue weighted by Gasteiger charge is -2.32. The maximum Gasteiger partial charge on any atom is 0.335 e. The molecule has 0 aromatic heterocycles. The molecule has 11 nitrogen and oxygen atoms in total. The number of carbonyl (C=O) groups excluding carboxylic acids is 3. The number of benzene rings is 2. The van der Waals surface area contributed by atoms with Crippen LogP contribution in [0.15, 0.2) is 54.6 Å². The highest BCUT2D eigenvalue weighted by atomic mass is 16.6. The lowest BCUT2D eigenvalue weighted by molar-refractivity contribution is -0.164. The minimum Gasteiger partial charge on any atom is -0.481 e. The third-order valence-electron chi connectivity index (χ3n) is 5.69. The van der Waals surface area contributed by atoms with E-state index in [-0.39, 0.29) is 17.7 Å². The van der Waals surface area contributed by atoms with E-state index in [2.05, 4.69) is 10.6 Å². The van der Waals surface area contributed by atoms with Gasteiger partial charge >= 0.3 is 23.9 Å². The molecule has 4 N–H and O–H groups in total. The second kappa shape index (κ2) is 11.1. The van der Waals surface area contributed by atoms with Crippen LogP contribution in [0.25, 0.3) is 0 Å². The number of aromatic carboxylic acids is 1. The van der Waals surface area contributed by atoms with Crippen LogP contribution < -0.4 is 10.6 Å². The third kappa shape index (κ3) is 6.84. The quantitative estimate of drug-likeness (QED) is 0.413. The van der Waals surface area contributed by atoms with E-state index in [4.69, 9.17) is 9.84 Å². The summed E-state index contributed by atoms with van der Waals surface area (Å²) in [4.78, 5) is 63.3. The van der Waals surface area contributed by atoms with E-state index in [0.29, 0.717) is 5.56 Å². The maximum absolute atomic E-state index is 13.4. The molecule has 0 bridgehead atoms. The molecule has 3 atom stereocenters. The van der Waals surface area contributed by atoms with Gasteiger partial charge in [0.25, 0.3) is 0 Å². The van der Waals surface area contributed by atoms with Crippen LogP contribution in [0.2, 0.25) is 0 Å². The molecule has 3 amide bonds. The fraction of sp³-hybridized carbons (Fsp3) is 0.346. The van der Waals surface area contributed by atoms with Crippen LogP contribution in [-0.2, 0) is 19.1 Å². The lowest BCUT2D eigenvalue weighted by Crippen LogP contribution is -2.48. The summed E-state index contributed by atoms with van der Waals surface area (Å²) in [6, 6.07) is 11.1. The number of rotatable bonds is 7. The largest absolute Gasteiger partial charge is 0.481 e. The van der Waals surface area contributed by atoms with Crippen LogP contribution in [0.1, 0.15) is 49.2 Å². The summed E-state index contributed by atoms with van der Waals surface area (Å²) < 4.78 is 5.48. The molecule has 0 aliphatic carbocycles. The second-order valence-corrected chi connectivity index (χ2v) is 9.58. The molecule has 1 heterocycles. The highest BCUT2D eigenvalue weighted by Crippen LogP contribution is 2.42. The van der Waals surface area contributed by atoms with Gasteiger partial charge in [-0.2, -0.15) is 0 Å². The van der Waals surface area contributed by atoms with Gasteiger partial charge in [0, 0.05) is 5.69 Å². The van der Waals surface area contributed by atoms with Crippen LogP contribution in [0.3, 0.4) is 0 Å². The van der Waals surface area contributed by atoms with Crippen molar-refractivity contribution in [2.24, 2.45) is 5.92 Å². The van der Waals surface area contributed by atoms with E-state index in [9.17, 15) is 29.1 Å². The number of amides is 3. The van der Waals surface area contributed by atoms with Gasteiger partial charge in [-0.1, -0.05) is 36.4 Å². The van der Waals surface area contributed by atoms with E-state index < -0.39 is 60.0 Å². The fourth-order valence-corrected chi connectivity index (χ4v) is 4.21. The van der Waals surface area contributed by atoms with Gasteiger partial charge in [-0.3, -0.25) is 9.59 Å². The molecule has 1 aliphatic heterocycles. The molecule has 0 saturated carbocycles. The van der Waals surface area contributed by atoms with Gasteiger partial charge in [0.05, 0.1) is 24.1 Å². The summed E-state index contributed by atoms with van der Waals surface area (Å²) in [5.74, 6) is -4.82. The van der Waals surface area contributed by atoms with Crippen molar-refractivity contribution in [3.05, 3.63) is 65.7 Å². The molecular weight excluding hydrogens is 482 g/mol. The molecule has 3 unspecified atom stereocenters. The van der Waals surface area contributed by atoms with Gasteiger partial charge in [0.1, 0.15) is 11.6 Å². The number of carboxylic acids is 2. The molecule has 2 aromatic carbocycles. The molecule has 11 heteroatoms. The first kappa shape index (κ1) is 27.2. The molecular formula is C26H29N3O8. The number of hydrogen-bond donors (Lipinski definition) is 4. The van der Waals surface area contributed by atoms with Crippen LogP contribution >= 0.6 is 0 Å². The number of esters is 1. The van der Waals surface area contributed by atoms with Crippen molar-refractivity contribution < 1.29 is 38.9 Å². The Labute approximate surface area is 213 Å². The second-order valence-electron chi connectivity index (χ2n) is 9.58. The third-order valence-corrected chi connectivity index (χ3v) is 5.69. The SMILES string of the molecule is CC(C)(C)OC(=O)C1CC(C(=O)O)C(c2ccccc2)N1C(=O)CNC(=O)Nc1cccc(C(=O)O)c1. The van der Waals surface area contributed by atoms with Gasteiger partial charge in [-0.25, -0.2) is 14.4 Å². The summed E-state index contributed by atoms with van der Waals surface area (Å²) in [6.45, 7) is 4.46. The first-order valence-electron chi connectivity index (χ1n) is 11.6. The average Bonchev–Trinajstić information content (AvgIpc) is 3.24. The monoisotopic (exact) mass is 511 g/mol. The van der Waals surface area contributed by atoms with Crippen molar-refractivity contribution >= 4 is 35.5 Å². The molecule has 0 radical (unpaired) electrons. The molecule has 1 aliphatic rings. The Morgan fingerprint density at radius 1 is 1.00 bits per heavy atom. The Balaban J connectivity index is 1.83. The van der Waals surface area contributed by atoms with Crippen molar-refractivity contribution in [1.82, 2.24) is 10.2 Å². The van der Waals surface area contributed by atoms with Crippen molar-refractivity contribution in [1.29, 1.82) is 0 Å². The van der Waals surface area contributed by atoms with E-state index >= 15 is 0 Å². The highest BCUT2D eigenvalue weighted by Gasteiger charge is 2.51. The minimum atomic E-state index is -1.17. The number of carbonyl (C=O) groups is 5. The Morgan fingerprint density at radius 2 is 1.68 bits per heavy atom. The molecule has 196 valence electrons. The highest BCUT2D eigenvalue weighted by molar-refractivity contribution is 5.95. The Hall–Kier alpha value is -4.41. The van der Waals surface area contributed by atoms with Gasteiger partial charge in [0.2, 0.25) is 5.91 Å². The topological polar surface area (TPSA) is 162 Å². The molecule has 3 rings (SSSR count). The van der Waals surface area contributed by atoms with Crippen molar-refractivity contribution in [2.45, 2.75) is 44.9 Å². The molecule has 1 fully saturated rings. The Morgan fingerprint density at radius 3 is 2.27 bits per heavy atom. The van der Waals surface area contributed by atoms with Crippen LogP contribution in [0.4, 0.5) is 10.5 Å². The standard InChI is InChI=1S/C26H29N3O8/c1-26(2,3)37-24(35)19-13-18(23(33)34)21(15-8-5-4-6-9-15)29(19)20(30)14-27-25(36)28-17-11-7-10-16(12-17)22(31)32/h4-12,18-19,21H,13-14H2,1-3H3,(H,31,32)(H,33,34)(H2,27,28,36). The first-order valence-corrected chi connectivity index (χ1v) is 11.6. The van der Waals surface area contributed by atoms with E-state index in [1.165, 1.54) is 29.2 Å². The van der Waals surface area contributed by atoms with Gasteiger partial charge < -0.3 is 30.5 Å². The maximum atomic E-state index is 13.4. The van der Waals surface area contributed by atoms with Crippen LogP contribution in [0.5, 0.6) is 0 Å².